The van der Waals surface area contributed by atoms with Gasteiger partial charge in [-0.2, -0.15) is 0 Å². The SMILES string of the molecule is CC(C)(CN=C(N)Nc1ccccc1)c1ccc(Cl)cc1. The molecule has 0 radical (unpaired) electrons. The lowest BCUT2D eigenvalue weighted by Crippen LogP contribution is -2.27. The monoisotopic (exact) mass is 301 g/mol. The zero-order chi connectivity index (χ0) is 15.3. The minimum absolute atomic E-state index is 0.104. The van der Waals surface area contributed by atoms with Gasteiger partial charge < -0.3 is 11.1 Å². The molecule has 0 saturated heterocycles. The average Bonchev–Trinajstić information content (AvgIpc) is 2.47. The van der Waals surface area contributed by atoms with Crippen molar-refractivity contribution < 1.29 is 0 Å². The third-order valence-electron chi connectivity index (χ3n) is 3.32. The molecule has 3 nitrogen and oxygen atoms in total. The van der Waals surface area contributed by atoms with Crippen molar-refractivity contribution >= 4 is 23.2 Å². The van der Waals surface area contributed by atoms with E-state index in [-0.39, 0.29) is 5.41 Å². The Kier molecular flexibility index (Phi) is 4.86. The molecule has 21 heavy (non-hydrogen) atoms. The first kappa shape index (κ1) is 15.4. The molecule has 0 amide bonds. The number of guanidine groups is 1. The van der Waals surface area contributed by atoms with Crippen molar-refractivity contribution in [2.75, 3.05) is 11.9 Å². The van der Waals surface area contributed by atoms with Crippen LogP contribution in [0.15, 0.2) is 59.6 Å². The van der Waals surface area contributed by atoms with Crippen molar-refractivity contribution in [3.8, 4) is 0 Å². The highest BCUT2D eigenvalue weighted by atomic mass is 35.5. The number of nitrogens with one attached hydrogen (secondary N) is 1. The lowest BCUT2D eigenvalue weighted by molar-refractivity contribution is 0.540. The van der Waals surface area contributed by atoms with Gasteiger partial charge in [0.1, 0.15) is 0 Å². The van der Waals surface area contributed by atoms with Gasteiger partial charge in [0, 0.05) is 16.1 Å². The van der Waals surface area contributed by atoms with Gasteiger partial charge in [0.2, 0.25) is 0 Å². The smallest absolute Gasteiger partial charge is 0.193 e. The summed E-state index contributed by atoms with van der Waals surface area (Å²) in [5.74, 6) is 0.420. The van der Waals surface area contributed by atoms with Crippen LogP contribution < -0.4 is 11.1 Å². The summed E-state index contributed by atoms with van der Waals surface area (Å²) in [4.78, 5) is 4.44. The van der Waals surface area contributed by atoms with Crippen molar-refractivity contribution in [1.29, 1.82) is 0 Å². The van der Waals surface area contributed by atoms with Crippen LogP contribution in [0.1, 0.15) is 19.4 Å². The lowest BCUT2D eigenvalue weighted by Gasteiger charge is -2.23. The Morgan fingerprint density at radius 2 is 1.71 bits per heavy atom. The van der Waals surface area contributed by atoms with E-state index in [9.17, 15) is 0 Å². The van der Waals surface area contributed by atoms with E-state index < -0.39 is 0 Å². The Labute approximate surface area is 130 Å². The third kappa shape index (κ3) is 4.50. The van der Waals surface area contributed by atoms with E-state index in [1.54, 1.807) is 0 Å². The number of nitrogens with two attached hydrogens (primary N) is 1. The van der Waals surface area contributed by atoms with Crippen LogP contribution in [-0.4, -0.2) is 12.5 Å². The van der Waals surface area contributed by atoms with Crippen LogP contribution in [-0.2, 0) is 5.41 Å². The first-order valence-corrected chi connectivity index (χ1v) is 7.23. The van der Waals surface area contributed by atoms with Crippen LogP contribution in [0.5, 0.6) is 0 Å². The fourth-order valence-electron chi connectivity index (χ4n) is 1.98. The van der Waals surface area contributed by atoms with Crippen molar-refractivity contribution in [3.63, 3.8) is 0 Å². The zero-order valence-corrected chi connectivity index (χ0v) is 13.1. The molecule has 0 saturated carbocycles. The number of halogens is 1. The Morgan fingerprint density at radius 1 is 1.10 bits per heavy atom. The van der Waals surface area contributed by atoms with E-state index in [0.717, 1.165) is 10.7 Å². The minimum atomic E-state index is -0.104. The Bertz CT molecular complexity index is 604. The molecule has 0 aromatic heterocycles. The highest BCUT2D eigenvalue weighted by molar-refractivity contribution is 6.30. The molecule has 2 aromatic rings. The lowest BCUT2D eigenvalue weighted by atomic mass is 9.85. The molecule has 2 aromatic carbocycles. The molecule has 0 fully saturated rings. The van der Waals surface area contributed by atoms with Crippen LogP contribution >= 0.6 is 11.6 Å². The molecule has 4 heteroatoms. The molecule has 0 unspecified atom stereocenters. The fraction of sp³-hybridized carbons (Fsp3) is 0.235. The summed E-state index contributed by atoms with van der Waals surface area (Å²) in [6, 6.07) is 17.6. The summed E-state index contributed by atoms with van der Waals surface area (Å²) in [6.07, 6.45) is 0. The van der Waals surface area contributed by atoms with Gasteiger partial charge in [-0.3, -0.25) is 4.99 Å². The third-order valence-corrected chi connectivity index (χ3v) is 3.57. The highest BCUT2D eigenvalue weighted by Gasteiger charge is 2.20. The van der Waals surface area contributed by atoms with Crippen molar-refractivity contribution in [1.82, 2.24) is 0 Å². The van der Waals surface area contributed by atoms with Gasteiger partial charge in [0.15, 0.2) is 5.96 Å². The van der Waals surface area contributed by atoms with Crippen LogP contribution in [0.4, 0.5) is 5.69 Å². The fourth-order valence-corrected chi connectivity index (χ4v) is 2.11. The van der Waals surface area contributed by atoms with Crippen LogP contribution in [0.2, 0.25) is 5.02 Å². The van der Waals surface area contributed by atoms with E-state index >= 15 is 0 Å². The standard InChI is InChI=1S/C17H20ClN3/c1-17(2,13-8-10-14(18)11-9-13)12-20-16(19)21-15-6-4-3-5-7-15/h3-11H,12H2,1-2H3,(H3,19,20,21). The Balaban J connectivity index is 2.02. The van der Waals surface area contributed by atoms with E-state index in [1.807, 2.05) is 54.6 Å². The predicted octanol–water partition coefficient (Wildman–Crippen LogP) is 4.04. The topological polar surface area (TPSA) is 50.4 Å². The number of hydrogen-bond acceptors (Lipinski definition) is 1. The maximum atomic E-state index is 5.93. The molecule has 0 aliphatic carbocycles. The summed E-state index contributed by atoms with van der Waals surface area (Å²) < 4.78 is 0. The molecule has 110 valence electrons. The first-order valence-electron chi connectivity index (χ1n) is 6.85. The van der Waals surface area contributed by atoms with E-state index in [2.05, 4.69) is 24.2 Å². The number of rotatable bonds is 4. The molecule has 0 spiro atoms. The molecule has 0 bridgehead atoms. The predicted molar refractivity (Wildman–Crippen MR) is 91.0 cm³/mol. The molecule has 0 aliphatic heterocycles. The van der Waals surface area contributed by atoms with E-state index in [1.165, 1.54) is 5.56 Å². The van der Waals surface area contributed by atoms with Gasteiger partial charge >= 0.3 is 0 Å². The molecule has 0 atom stereocenters. The number of nitrogens with zero attached hydrogens (tertiary/aromatic N) is 1. The van der Waals surface area contributed by atoms with Crippen molar-refractivity contribution in [2.45, 2.75) is 19.3 Å². The molecular formula is C17H20ClN3. The number of anilines is 1. The van der Waals surface area contributed by atoms with Crippen LogP contribution in [0, 0.1) is 0 Å². The summed E-state index contributed by atoms with van der Waals surface area (Å²) in [5, 5.41) is 3.82. The molecule has 3 N–H and O–H groups in total. The number of para-hydroxylation sites is 1. The van der Waals surface area contributed by atoms with Crippen molar-refractivity contribution in [2.24, 2.45) is 10.7 Å². The van der Waals surface area contributed by atoms with E-state index in [4.69, 9.17) is 17.3 Å². The Hall–Kier alpha value is -2.00. The van der Waals surface area contributed by atoms with Gasteiger partial charge in [-0.05, 0) is 29.8 Å². The second kappa shape index (κ2) is 6.64. The maximum Gasteiger partial charge on any atom is 0.193 e. The minimum Gasteiger partial charge on any atom is -0.370 e. The van der Waals surface area contributed by atoms with Crippen LogP contribution in [0.3, 0.4) is 0 Å². The number of aliphatic imine (C=N–C) groups is 1. The molecule has 0 heterocycles. The maximum absolute atomic E-state index is 5.93. The normalized spacial score (nSPS) is 12.2. The van der Waals surface area contributed by atoms with Crippen LogP contribution in [0.25, 0.3) is 0 Å². The van der Waals surface area contributed by atoms with Gasteiger partial charge in [0.25, 0.3) is 0 Å². The first-order chi connectivity index (χ1) is 9.97. The molecular weight excluding hydrogens is 282 g/mol. The zero-order valence-electron chi connectivity index (χ0n) is 12.3. The second-order valence-electron chi connectivity index (χ2n) is 5.58. The largest absolute Gasteiger partial charge is 0.370 e. The highest BCUT2D eigenvalue weighted by Crippen LogP contribution is 2.24. The van der Waals surface area contributed by atoms with E-state index in [0.29, 0.717) is 12.5 Å². The summed E-state index contributed by atoms with van der Waals surface area (Å²) >= 11 is 5.92. The van der Waals surface area contributed by atoms with Gasteiger partial charge in [-0.25, -0.2) is 0 Å². The molecule has 2 rings (SSSR count). The summed E-state index contributed by atoms with van der Waals surface area (Å²) in [5.41, 5.74) is 7.95. The average molecular weight is 302 g/mol. The van der Waals surface area contributed by atoms with Gasteiger partial charge in [-0.1, -0.05) is 55.8 Å². The van der Waals surface area contributed by atoms with Gasteiger partial charge in [0.05, 0.1) is 6.54 Å². The molecule has 0 aliphatic rings. The van der Waals surface area contributed by atoms with Crippen molar-refractivity contribution in [3.05, 3.63) is 65.2 Å². The number of hydrogen-bond donors (Lipinski definition) is 2. The summed E-state index contributed by atoms with van der Waals surface area (Å²) in [6.45, 7) is 4.87. The second-order valence-corrected chi connectivity index (χ2v) is 6.02. The Morgan fingerprint density at radius 3 is 2.33 bits per heavy atom. The number of benzene rings is 2. The quantitative estimate of drug-likeness (QED) is 0.661. The van der Waals surface area contributed by atoms with Gasteiger partial charge in [-0.15, -0.1) is 0 Å². The summed E-state index contributed by atoms with van der Waals surface area (Å²) in [7, 11) is 0.